The van der Waals surface area contributed by atoms with E-state index in [1.807, 2.05) is 0 Å². The molecule has 3 heteroatoms. The van der Waals surface area contributed by atoms with Gasteiger partial charge in [-0.3, -0.25) is 0 Å². The van der Waals surface area contributed by atoms with Crippen molar-refractivity contribution in [2.45, 2.75) is 63.5 Å². The van der Waals surface area contributed by atoms with Gasteiger partial charge in [0.2, 0.25) is 0 Å². The van der Waals surface area contributed by atoms with Crippen LogP contribution in [0, 0.1) is 0 Å². The van der Waals surface area contributed by atoms with Crippen molar-refractivity contribution >= 4 is 0 Å². The average Bonchev–Trinajstić information content (AvgIpc) is 2.22. The summed E-state index contributed by atoms with van der Waals surface area (Å²) in [6, 6.07) is 0.950. The van der Waals surface area contributed by atoms with Crippen molar-refractivity contribution in [1.82, 2.24) is 5.32 Å². The van der Waals surface area contributed by atoms with Gasteiger partial charge in [-0.05, 0) is 19.3 Å². The molecule has 0 spiro atoms. The average molecular weight is 229 g/mol. The van der Waals surface area contributed by atoms with E-state index in [1.54, 1.807) is 7.11 Å². The SMILES string of the molecule is COCC(CCO)NC1CCCCCCC1. The predicted molar refractivity (Wildman–Crippen MR) is 66.6 cm³/mol. The van der Waals surface area contributed by atoms with Gasteiger partial charge in [-0.25, -0.2) is 0 Å². The van der Waals surface area contributed by atoms with Crippen molar-refractivity contribution in [3.63, 3.8) is 0 Å². The standard InChI is InChI=1S/C13H27NO2/c1-16-11-13(9-10-15)14-12-7-5-3-2-4-6-8-12/h12-15H,2-11H2,1H3. The molecule has 1 fully saturated rings. The third-order valence-electron chi connectivity index (χ3n) is 3.42. The van der Waals surface area contributed by atoms with Crippen molar-refractivity contribution in [2.75, 3.05) is 20.3 Å². The molecule has 16 heavy (non-hydrogen) atoms. The number of aliphatic hydroxyl groups excluding tert-OH is 1. The molecule has 0 bridgehead atoms. The Hall–Kier alpha value is -0.120. The van der Waals surface area contributed by atoms with Crippen LogP contribution in [0.25, 0.3) is 0 Å². The van der Waals surface area contributed by atoms with Crippen LogP contribution in [-0.4, -0.2) is 37.5 Å². The van der Waals surface area contributed by atoms with E-state index in [0.29, 0.717) is 18.7 Å². The number of rotatable bonds is 6. The quantitative estimate of drug-likeness (QED) is 0.733. The van der Waals surface area contributed by atoms with Crippen LogP contribution in [0.1, 0.15) is 51.4 Å². The molecule has 1 aliphatic rings. The van der Waals surface area contributed by atoms with Gasteiger partial charge in [0.1, 0.15) is 0 Å². The van der Waals surface area contributed by atoms with Gasteiger partial charge < -0.3 is 15.2 Å². The van der Waals surface area contributed by atoms with Gasteiger partial charge in [-0.2, -0.15) is 0 Å². The van der Waals surface area contributed by atoms with Gasteiger partial charge >= 0.3 is 0 Å². The molecule has 1 aliphatic carbocycles. The molecule has 1 rings (SSSR count). The molecular weight excluding hydrogens is 202 g/mol. The van der Waals surface area contributed by atoms with Gasteiger partial charge in [0.25, 0.3) is 0 Å². The molecule has 1 unspecified atom stereocenters. The van der Waals surface area contributed by atoms with E-state index in [1.165, 1.54) is 44.9 Å². The lowest BCUT2D eigenvalue weighted by atomic mass is 9.96. The van der Waals surface area contributed by atoms with Crippen LogP contribution in [0.3, 0.4) is 0 Å². The first-order valence-electron chi connectivity index (χ1n) is 6.72. The summed E-state index contributed by atoms with van der Waals surface area (Å²) in [4.78, 5) is 0. The fraction of sp³-hybridized carbons (Fsp3) is 1.00. The fourth-order valence-corrected chi connectivity index (χ4v) is 2.53. The largest absolute Gasteiger partial charge is 0.396 e. The highest BCUT2D eigenvalue weighted by molar-refractivity contribution is 4.75. The Balaban J connectivity index is 2.28. The molecule has 96 valence electrons. The van der Waals surface area contributed by atoms with Crippen LogP contribution in [0.5, 0.6) is 0 Å². The van der Waals surface area contributed by atoms with E-state index in [4.69, 9.17) is 9.84 Å². The van der Waals surface area contributed by atoms with E-state index in [9.17, 15) is 0 Å². The number of hydrogen-bond acceptors (Lipinski definition) is 3. The van der Waals surface area contributed by atoms with E-state index in [2.05, 4.69) is 5.32 Å². The number of aliphatic hydroxyl groups is 1. The third-order valence-corrected chi connectivity index (χ3v) is 3.42. The lowest BCUT2D eigenvalue weighted by Gasteiger charge is -2.26. The zero-order valence-electron chi connectivity index (χ0n) is 10.6. The summed E-state index contributed by atoms with van der Waals surface area (Å²) in [5, 5.41) is 12.6. The first kappa shape index (κ1) is 13.9. The number of methoxy groups -OCH3 is 1. The second-order valence-electron chi connectivity index (χ2n) is 4.87. The normalized spacial score (nSPS) is 21.4. The minimum atomic E-state index is 0.244. The van der Waals surface area contributed by atoms with Crippen molar-refractivity contribution in [3.05, 3.63) is 0 Å². The van der Waals surface area contributed by atoms with Crippen LogP contribution in [0.15, 0.2) is 0 Å². The van der Waals surface area contributed by atoms with Crippen LogP contribution in [0.2, 0.25) is 0 Å². The Morgan fingerprint density at radius 3 is 2.38 bits per heavy atom. The maximum absolute atomic E-state index is 9.00. The van der Waals surface area contributed by atoms with Crippen LogP contribution < -0.4 is 5.32 Å². The van der Waals surface area contributed by atoms with Crippen LogP contribution >= 0.6 is 0 Å². The van der Waals surface area contributed by atoms with E-state index >= 15 is 0 Å². The second-order valence-corrected chi connectivity index (χ2v) is 4.87. The van der Waals surface area contributed by atoms with Crippen molar-refractivity contribution in [3.8, 4) is 0 Å². The molecule has 0 amide bonds. The van der Waals surface area contributed by atoms with Crippen molar-refractivity contribution in [1.29, 1.82) is 0 Å². The molecule has 0 aromatic heterocycles. The molecule has 0 aromatic rings. The Morgan fingerprint density at radius 2 is 1.81 bits per heavy atom. The summed E-state index contributed by atoms with van der Waals surface area (Å²) in [7, 11) is 1.73. The molecule has 0 radical (unpaired) electrons. The molecule has 0 aromatic carbocycles. The van der Waals surface area contributed by atoms with Crippen molar-refractivity contribution < 1.29 is 9.84 Å². The molecule has 3 nitrogen and oxygen atoms in total. The Kier molecular flexibility index (Phi) is 7.81. The Morgan fingerprint density at radius 1 is 1.19 bits per heavy atom. The van der Waals surface area contributed by atoms with Gasteiger partial charge in [0, 0.05) is 25.8 Å². The number of ether oxygens (including phenoxy) is 1. The zero-order chi connectivity index (χ0) is 11.6. The Labute approximate surface area is 99.6 Å². The zero-order valence-corrected chi connectivity index (χ0v) is 10.6. The highest BCUT2D eigenvalue weighted by Gasteiger charge is 2.15. The molecular formula is C13H27NO2. The summed E-state index contributed by atoms with van der Waals surface area (Å²) in [6.45, 7) is 0.949. The van der Waals surface area contributed by atoms with E-state index in [-0.39, 0.29) is 6.61 Å². The topological polar surface area (TPSA) is 41.5 Å². The summed E-state index contributed by atoms with van der Waals surface area (Å²) in [5.41, 5.74) is 0. The first-order chi connectivity index (χ1) is 7.86. The highest BCUT2D eigenvalue weighted by atomic mass is 16.5. The smallest absolute Gasteiger partial charge is 0.0616 e. The Bertz CT molecular complexity index is 150. The maximum Gasteiger partial charge on any atom is 0.0616 e. The number of nitrogens with one attached hydrogen (secondary N) is 1. The number of hydrogen-bond donors (Lipinski definition) is 2. The van der Waals surface area contributed by atoms with E-state index in [0.717, 1.165) is 6.42 Å². The molecule has 1 atom stereocenters. The molecule has 2 N–H and O–H groups in total. The van der Waals surface area contributed by atoms with E-state index < -0.39 is 0 Å². The van der Waals surface area contributed by atoms with Gasteiger partial charge in [-0.1, -0.05) is 32.1 Å². The minimum absolute atomic E-state index is 0.244. The minimum Gasteiger partial charge on any atom is -0.396 e. The van der Waals surface area contributed by atoms with Gasteiger partial charge in [0.15, 0.2) is 0 Å². The molecule has 1 saturated carbocycles. The maximum atomic E-state index is 9.00. The van der Waals surface area contributed by atoms with Crippen LogP contribution in [0.4, 0.5) is 0 Å². The van der Waals surface area contributed by atoms with Crippen molar-refractivity contribution in [2.24, 2.45) is 0 Å². The molecule has 0 saturated heterocycles. The van der Waals surface area contributed by atoms with Gasteiger partial charge in [0.05, 0.1) is 6.61 Å². The summed E-state index contributed by atoms with van der Waals surface area (Å²) >= 11 is 0. The summed E-state index contributed by atoms with van der Waals surface area (Å²) < 4.78 is 5.18. The van der Waals surface area contributed by atoms with Crippen LogP contribution in [-0.2, 0) is 4.74 Å². The summed E-state index contributed by atoms with van der Waals surface area (Å²) in [6.07, 6.45) is 10.2. The lowest BCUT2D eigenvalue weighted by Crippen LogP contribution is -2.41. The third kappa shape index (κ3) is 5.83. The first-order valence-corrected chi connectivity index (χ1v) is 6.72. The lowest BCUT2D eigenvalue weighted by molar-refractivity contribution is 0.139. The molecule has 0 aliphatic heterocycles. The molecule has 0 heterocycles. The second kappa shape index (κ2) is 8.97. The predicted octanol–water partition coefficient (Wildman–Crippen LogP) is 2.09. The van der Waals surface area contributed by atoms with Gasteiger partial charge in [-0.15, -0.1) is 0 Å². The fourth-order valence-electron chi connectivity index (χ4n) is 2.53. The highest BCUT2D eigenvalue weighted by Crippen LogP contribution is 2.17. The monoisotopic (exact) mass is 229 g/mol. The summed E-state index contributed by atoms with van der Waals surface area (Å²) in [5.74, 6) is 0.